The van der Waals surface area contributed by atoms with E-state index in [1.165, 1.54) is 19.3 Å². The molecule has 1 heterocycles. The lowest BCUT2D eigenvalue weighted by Gasteiger charge is -2.62. The van der Waals surface area contributed by atoms with Crippen LogP contribution in [0.1, 0.15) is 46.5 Å². The molecule has 2 bridgehead atoms. The van der Waals surface area contributed by atoms with Crippen LogP contribution in [0.5, 0.6) is 0 Å². The van der Waals surface area contributed by atoms with Crippen LogP contribution >= 0.6 is 0 Å². The van der Waals surface area contributed by atoms with E-state index in [9.17, 15) is 4.79 Å². The van der Waals surface area contributed by atoms with E-state index in [2.05, 4.69) is 37.1 Å². The third-order valence-corrected chi connectivity index (χ3v) is 5.93. The molecule has 0 spiro atoms. The molecule has 5 heteroatoms. The maximum atomic E-state index is 12.5. The van der Waals surface area contributed by atoms with Crippen molar-refractivity contribution in [1.82, 2.24) is 15.1 Å². The SMILES string of the molecule is CC(C)(C)N1CCN(C(=O)/C=C/CNC23CC(C2)C3)C(CC#N)C1. The van der Waals surface area contributed by atoms with E-state index in [4.69, 9.17) is 5.26 Å². The number of piperazine rings is 1. The van der Waals surface area contributed by atoms with Crippen LogP contribution in [0.15, 0.2) is 12.2 Å². The fourth-order valence-electron chi connectivity index (χ4n) is 4.26. The lowest BCUT2D eigenvalue weighted by atomic mass is 9.50. The van der Waals surface area contributed by atoms with E-state index in [0.717, 1.165) is 25.6 Å². The van der Waals surface area contributed by atoms with Crippen LogP contribution in [0.25, 0.3) is 0 Å². The lowest BCUT2D eigenvalue weighted by molar-refractivity contribution is -0.131. The predicted octanol–water partition coefficient (Wildman–Crippen LogP) is 1.91. The molecular weight excluding hydrogens is 300 g/mol. The number of amides is 1. The Morgan fingerprint density at radius 3 is 2.58 bits per heavy atom. The Kier molecular flexibility index (Phi) is 4.72. The van der Waals surface area contributed by atoms with Crippen LogP contribution in [0.2, 0.25) is 0 Å². The lowest BCUT2D eigenvalue weighted by Crippen LogP contribution is -2.66. The standard InChI is InChI=1S/C19H30N4O/c1-18(2,3)22-9-10-23(16(14-22)6-7-20)17(24)5-4-8-21-19-11-15(12-19)13-19/h4-5,15-16,21H,6,8-14H2,1-3H3/b5-4+. The summed E-state index contributed by atoms with van der Waals surface area (Å²) in [4.78, 5) is 16.8. The van der Waals surface area contributed by atoms with Gasteiger partial charge in [0.1, 0.15) is 0 Å². The second-order valence-electron chi connectivity index (χ2n) is 8.71. The van der Waals surface area contributed by atoms with Gasteiger partial charge >= 0.3 is 0 Å². The molecule has 0 aromatic rings. The number of hydrogen-bond donors (Lipinski definition) is 1. The van der Waals surface area contributed by atoms with E-state index in [-0.39, 0.29) is 17.5 Å². The number of nitrogens with one attached hydrogen (secondary N) is 1. The molecule has 1 N–H and O–H groups in total. The zero-order valence-electron chi connectivity index (χ0n) is 15.2. The molecule has 3 aliphatic carbocycles. The molecule has 5 nitrogen and oxygen atoms in total. The minimum atomic E-state index is -0.00861. The van der Waals surface area contributed by atoms with Crippen molar-refractivity contribution in [3.63, 3.8) is 0 Å². The third-order valence-electron chi connectivity index (χ3n) is 5.93. The zero-order valence-corrected chi connectivity index (χ0v) is 15.2. The topological polar surface area (TPSA) is 59.4 Å². The van der Waals surface area contributed by atoms with Crippen molar-refractivity contribution < 1.29 is 4.79 Å². The Balaban J connectivity index is 1.51. The Hall–Kier alpha value is -1.38. The molecule has 0 aromatic carbocycles. The highest BCUT2D eigenvalue weighted by Gasteiger charge is 2.55. The Labute approximate surface area is 145 Å². The summed E-state index contributed by atoms with van der Waals surface area (Å²) in [6.07, 6.45) is 7.97. The van der Waals surface area contributed by atoms with Crippen molar-refractivity contribution in [3.8, 4) is 6.07 Å². The van der Waals surface area contributed by atoms with Crippen molar-refractivity contribution in [2.45, 2.75) is 63.6 Å². The van der Waals surface area contributed by atoms with Crippen molar-refractivity contribution in [2.24, 2.45) is 5.92 Å². The van der Waals surface area contributed by atoms with Crippen LogP contribution in [0.3, 0.4) is 0 Å². The van der Waals surface area contributed by atoms with Crippen molar-refractivity contribution >= 4 is 5.91 Å². The second-order valence-corrected chi connectivity index (χ2v) is 8.71. The molecule has 1 atom stereocenters. The summed E-state index contributed by atoms with van der Waals surface area (Å²) in [5.41, 5.74) is 0.477. The average molecular weight is 330 g/mol. The predicted molar refractivity (Wildman–Crippen MR) is 94.3 cm³/mol. The largest absolute Gasteiger partial charge is 0.333 e. The normalized spacial score (nSPS) is 33.0. The summed E-state index contributed by atoms with van der Waals surface area (Å²) in [7, 11) is 0. The maximum Gasteiger partial charge on any atom is 0.246 e. The molecule has 132 valence electrons. The van der Waals surface area contributed by atoms with Gasteiger partial charge in [0, 0.05) is 43.3 Å². The van der Waals surface area contributed by atoms with Crippen LogP contribution in [0, 0.1) is 17.2 Å². The molecule has 0 aromatic heterocycles. The van der Waals surface area contributed by atoms with E-state index in [1.807, 2.05) is 11.0 Å². The quantitative estimate of drug-likeness (QED) is 0.782. The highest BCUT2D eigenvalue weighted by atomic mass is 16.2. The molecule has 4 fully saturated rings. The molecule has 1 saturated heterocycles. The highest BCUT2D eigenvalue weighted by Crippen LogP contribution is 2.56. The van der Waals surface area contributed by atoms with Gasteiger partial charge in [-0.25, -0.2) is 0 Å². The van der Waals surface area contributed by atoms with Gasteiger partial charge < -0.3 is 10.2 Å². The Morgan fingerprint density at radius 2 is 2.04 bits per heavy atom. The van der Waals surface area contributed by atoms with Crippen LogP contribution in [0.4, 0.5) is 0 Å². The van der Waals surface area contributed by atoms with Crippen LogP contribution in [-0.4, -0.2) is 59.0 Å². The number of carbonyl (C=O) groups excluding carboxylic acids is 1. The number of carbonyl (C=O) groups is 1. The van der Waals surface area contributed by atoms with Gasteiger partial charge in [0.25, 0.3) is 0 Å². The van der Waals surface area contributed by atoms with E-state index in [1.54, 1.807) is 6.08 Å². The fraction of sp³-hybridized carbons (Fsp3) is 0.789. The first-order valence-electron chi connectivity index (χ1n) is 9.17. The number of rotatable bonds is 5. The first-order chi connectivity index (χ1) is 11.3. The van der Waals surface area contributed by atoms with Gasteiger partial charge in [-0.05, 0) is 46.0 Å². The van der Waals surface area contributed by atoms with Gasteiger partial charge in [0.15, 0.2) is 0 Å². The van der Waals surface area contributed by atoms with Gasteiger partial charge in [0.05, 0.1) is 18.5 Å². The summed E-state index contributed by atoms with van der Waals surface area (Å²) < 4.78 is 0. The summed E-state index contributed by atoms with van der Waals surface area (Å²) >= 11 is 0. The first kappa shape index (κ1) is 17.4. The van der Waals surface area contributed by atoms with Gasteiger partial charge in [-0.15, -0.1) is 0 Å². The summed E-state index contributed by atoms with van der Waals surface area (Å²) in [6, 6.07) is 2.24. The monoisotopic (exact) mass is 330 g/mol. The smallest absolute Gasteiger partial charge is 0.246 e. The molecule has 24 heavy (non-hydrogen) atoms. The first-order valence-corrected chi connectivity index (χ1v) is 9.17. The molecule has 1 aliphatic heterocycles. The fourth-order valence-corrected chi connectivity index (χ4v) is 4.26. The van der Waals surface area contributed by atoms with E-state index >= 15 is 0 Å². The number of hydrogen-bond acceptors (Lipinski definition) is 4. The third kappa shape index (κ3) is 3.50. The maximum absolute atomic E-state index is 12.5. The van der Waals surface area contributed by atoms with Gasteiger partial charge in [-0.1, -0.05) is 6.08 Å². The molecule has 4 rings (SSSR count). The van der Waals surface area contributed by atoms with E-state index in [0.29, 0.717) is 18.5 Å². The molecule has 1 amide bonds. The van der Waals surface area contributed by atoms with Crippen molar-refractivity contribution in [1.29, 1.82) is 5.26 Å². The Bertz CT molecular complexity index is 540. The highest BCUT2D eigenvalue weighted by molar-refractivity contribution is 5.88. The van der Waals surface area contributed by atoms with Crippen LogP contribution < -0.4 is 5.32 Å². The minimum absolute atomic E-state index is 0.00861. The molecule has 3 saturated carbocycles. The Morgan fingerprint density at radius 1 is 1.33 bits per heavy atom. The zero-order chi connectivity index (χ0) is 17.4. The van der Waals surface area contributed by atoms with Crippen LogP contribution in [-0.2, 0) is 4.79 Å². The molecule has 4 aliphatic rings. The summed E-state index contributed by atoms with van der Waals surface area (Å²) in [5.74, 6) is 1.01. The number of nitrogens with zero attached hydrogens (tertiary/aromatic N) is 3. The summed E-state index contributed by atoms with van der Waals surface area (Å²) in [5, 5.41) is 12.7. The molecular formula is C19H30N4O. The molecule has 0 radical (unpaired) electrons. The molecule has 1 unspecified atom stereocenters. The van der Waals surface area contributed by atoms with Gasteiger partial charge in [-0.2, -0.15) is 5.26 Å². The number of nitriles is 1. The van der Waals surface area contributed by atoms with Crippen molar-refractivity contribution in [3.05, 3.63) is 12.2 Å². The van der Waals surface area contributed by atoms with Gasteiger partial charge in [0.2, 0.25) is 5.91 Å². The summed E-state index contributed by atoms with van der Waals surface area (Å²) in [6.45, 7) is 9.67. The van der Waals surface area contributed by atoms with E-state index < -0.39 is 0 Å². The van der Waals surface area contributed by atoms with Crippen molar-refractivity contribution in [2.75, 3.05) is 26.2 Å². The second kappa shape index (κ2) is 6.50. The van der Waals surface area contributed by atoms with Gasteiger partial charge in [-0.3, -0.25) is 9.69 Å². The minimum Gasteiger partial charge on any atom is -0.333 e. The average Bonchev–Trinajstić information content (AvgIpc) is 2.43.